The minimum absolute atomic E-state index is 0.00128. The average molecular weight is 372 g/mol. The summed E-state index contributed by atoms with van der Waals surface area (Å²) in [5.74, 6) is -0.796. The number of piperidine rings is 1. The molecule has 0 bridgehead atoms. The fourth-order valence-electron chi connectivity index (χ4n) is 3.92. The van der Waals surface area contributed by atoms with Gasteiger partial charge in [0, 0.05) is 26.1 Å². The van der Waals surface area contributed by atoms with Crippen molar-refractivity contribution in [2.75, 3.05) is 19.7 Å². The molecular weight excluding hydrogens is 344 g/mol. The quantitative estimate of drug-likeness (QED) is 0.744. The zero-order chi connectivity index (χ0) is 19.4. The van der Waals surface area contributed by atoms with Gasteiger partial charge in [-0.1, -0.05) is 29.8 Å². The Hall–Kier alpha value is -2.37. The van der Waals surface area contributed by atoms with Gasteiger partial charge in [0.25, 0.3) is 0 Å². The molecule has 2 aliphatic heterocycles. The molecule has 0 aromatic heterocycles. The number of esters is 1. The van der Waals surface area contributed by atoms with E-state index >= 15 is 0 Å². The molecule has 0 radical (unpaired) electrons. The molecule has 0 saturated carbocycles. The van der Waals surface area contributed by atoms with Gasteiger partial charge in [-0.2, -0.15) is 0 Å². The first-order valence-electron chi connectivity index (χ1n) is 9.80. The smallest absolute Gasteiger partial charge is 0.328 e. The number of benzene rings is 1. The highest BCUT2D eigenvalue weighted by Crippen LogP contribution is 2.26. The number of aryl methyl sites for hydroxylation is 1. The Kier molecular flexibility index (Phi) is 6.14. The lowest BCUT2D eigenvalue weighted by atomic mass is 9.98. The predicted octanol–water partition coefficient (Wildman–Crippen LogP) is 2.29. The summed E-state index contributed by atoms with van der Waals surface area (Å²) in [6.45, 7) is 5.60. The molecule has 3 rings (SSSR count). The van der Waals surface area contributed by atoms with Crippen molar-refractivity contribution in [3.05, 3.63) is 35.4 Å². The number of carbonyl (C=O) groups is 3. The standard InChI is InChI=1S/C21H28N2O4/c1-3-27-21(26)18-6-4-5-11-23(18)20(25)17-12-19(24)22(14-17)13-16-9-7-15(2)8-10-16/h7-10,17-18H,3-6,11-14H2,1-2H3. The number of nitrogens with zero attached hydrogens (tertiary/aromatic N) is 2. The van der Waals surface area contributed by atoms with Crippen LogP contribution >= 0.6 is 0 Å². The van der Waals surface area contributed by atoms with Crippen molar-refractivity contribution in [1.82, 2.24) is 9.80 Å². The molecule has 6 nitrogen and oxygen atoms in total. The van der Waals surface area contributed by atoms with Gasteiger partial charge in [-0.3, -0.25) is 9.59 Å². The minimum atomic E-state index is -0.507. The molecule has 0 N–H and O–H groups in total. The summed E-state index contributed by atoms with van der Waals surface area (Å²) in [4.78, 5) is 41.1. The molecule has 0 aliphatic carbocycles. The van der Waals surface area contributed by atoms with Crippen LogP contribution in [0.3, 0.4) is 0 Å². The van der Waals surface area contributed by atoms with E-state index in [1.54, 1.807) is 16.7 Å². The number of amides is 2. The second kappa shape index (κ2) is 8.55. The lowest BCUT2D eigenvalue weighted by Gasteiger charge is -2.35. The highest BCUT2D eigenvalue weighted by molar-refractivity contribution is 5.91. The van der Waals surface area contributed by atoms with E-state index in [0.29, 0.717) is 32.7 Å². The van der Waals surface area contributed by atoms with Crippen LogP contribution in [0.2, 0.25) is 0 Å². The van der Waals surface area contributed by atoms with Gasteiger partial charge < -0.3 is 14.5 Å². The van der Waals surface area contributed by atoms with E-state index in [1.165, 1.54) is 5.56 Å². The summed E-state index contributed by atoms with van der Waals surface area (Å²) in [7, 11) is 0. The van der Waals surface area contributed by atoms with E-state index in [2.05, 4.69) is 0 Å². The van der Waals surface area contributed by atoms with E-state index in [9.17, 15) is 14.4 Å². The molecule has 0 spiro atoms. The van der Waals surface area contributed by atoms with Crippen LogP contribution in [0.25, 0.3) is 0 Å². The fraction of sp³-hybridized carbons (Fsp3) is 0.571. The fourth-order valence-corrected chi connectivity index (χ4v) is 3.92. The number of carbonyl (C=O) groups excluding carboxylic acids is 3. The summed E-state index contributed by atoms with van der Waals surface area (Å²) < 4.78 is 5.15. The first-order valence-corrected chi connectivity index (χ1v) is 9.80. The van der Waals surface area contributed by atoms with Crippen molar-refractivity contribution < 1.29 is 19.1 Å². The number of hydrogen-bond donors (Lipinski definition) is 0. The Morgan fingerprint density at radius 1 is 1.19 bits per heavy atom. The van der Waals surface area contributed by atoms with Crippen LogP contribution < -0.4 is 0 Å². The summed E-state index contributed by atoms with van der Waals surface area (Å²) in [6, 6.07) is 7.57. The van der Waals surface area contributed by atoms with Gasteiger partial charge in [0.15, 0.2) is 0 Å². The molecule has 2 heterocycles. The van der Waals surface area contributed by atoms with Crippen molar-refractivity contribution in [1.29, 1.82) is 0 Å². The Morgan fingerprint density at radius 2 is 1.93 bits per heavy atom. The highest BCUT2D eigenvalue weighted by atomic mass is 16.5. The maximum absolute atomic E-state index is 13.0. The number of rotatable bonds is 5. The monoisotopic (exact) mass is 372 g/mol. The Morgan fingerprint density at radius 3 is 2.63 bits per heavy atom. The number of ether oxygens (including phenoxy) is 1. The van der Waals surface area contributed by atoms with E-state index < -0.39 is 6.04 Å². The Balaban J connectivity index is 1.65. The SMILES string of the molecule is CCOC(=O)C1CCCCN1C(=O)C1CC(=O)N(Cc2ccc(C)cc2)C1. The number of hydrogen-bond acceptors (Lipinski definition) is 4. The van der Waals surface area contributed by atoms with Crippen LogP contribution in [0.15, 0.2) is 24.3 Å². The molecule has 27 heavy (non-hydrogen) atoms. The third-order valence-electron chi connectivity index (χ3n) is 5.40. The summed E-state index contributed by atoms with van der Waals surface area (Å²) >= 11 is 0. The first kappa shape index (κ1) is 19.4. The summed E-state index contributed by atoms with van der Waals surface area (Å²) in [6.07, 6.45) is 2.65. The minimum Gasteiger partial charge on any atom is -0.464 e. The molecule has 2 atom stereocenters. The second-order valence-electron chi connectivity index (χ2n) is 7.46. The molecule has 2 saturated heterocycles. The average Bonchev–Trinajstić information content (AvgIpc) is 3.03. The number of likely N-dealkylation sites (tertiary alicyclic amines) is 2. The lowest BCUT2D eigenvalue weighted by molar-refractivity contribution is -0.158. The van der Waals surface area contributed by atoms with Gasteiger partial charge in [0.1, 0.15) is 6.04 Å². The van der Waals surface area contributed by atoms with Gasteiger partial charge in [-0.25, -0.2) is 4.79 Å². The van der Waals surface area contributed by atoms with Crippen LogP contribution in [0.4, 0.5) is 0 Å². The lowest BCUT2D eigenvalue weighted by Crippen LogP contribution is -2.51. The van der Waals surface area contributed by atoms with Crippen LogP contribution in [0.1, 0.15) is 43.7 Å². The van der Waals surface area contributed by atoms with E-state index in [0.717, 1.165) is 18.4 Å². The van der Waals surface area contributed by atoms with E-state index in [1.807, 2.05) is 31.2 Å². The third-order valence-corrected chi connectivity index (χ3v) is 5.40. The normalized spacial score (nSPS) is 22.8. The maximum atomic E-state index is 13.0. The molecule has 2 aliphatic rings. The highest BCUT2D eigenvalue weighted by Gasteiger charge is 2.41. The summed E-state index contributed by atoms with van der Waals surface area (Å²) in [5.41, 5.74) is 2.24. The Bertz CT molecular complexity index is 701. The maximum Gasteiger partial charge on any atom is 0.328 e. The van der Waals surface area contributed by atoms with E-state index in [-0.39, 0.29) is 30.1 Å². The van der Waals surface area contributed by atoms with Gasteiger partial charge in [0.2, 0.25) is 11.8 Å². The van der Waals surface area contributed by atoms with E-state index in [4.69, 9.17) is 4.74 Å². The van der Waals surface area contributed by atoms with Crippen molar-refractivity contribution in [3.63, 3.8) is 0 Å². The molecule has 2 amide bonds. The van der Waals surface area contributed by atoms with Crippen LogP contribution in [-0.2, 0) is 25.7 Å². The van der Waals surface area contributed by atoms with Crippen LogP contribution in [-0.4, -0.2) is 53.3 Å². The zero-order valence-electron chi connectivity index (χ0n) is 16.1. The topological polar surface area (TPSA) is 66.9 Å². The predicted molar refractivity (Wildman–Crippen MR) is 101 cm³/mol. The Labute approximate surface area is 160 Å². The first-order chi connectivity index (χ1) is 13.0. The molecule has 1 aromatic rings. The van der Waals surface area contributed by atoms with Gasteiger partial charge >= 0.3 is 5.97 Å². The van der Waals surface area contributed by atoms with Gasteiger partial charge in [-0.15, -0.1) is 0 Å². The van der Waals surface area contributed by atoms with Crippen LogP contribution in [0, 0.1) is 12.8 Å². The molecular formula is C21H28N2O4. The zero-order valence-corrected chi connectivity index (χ0v) is 16.1. The molecule has 6 heteroatoms. The molecule has 2 fully saturated rings. The molecule has 1 aromatic carbocycles. The largest absolute Gasteiger partial charge is 0.464 e. The van der Waals surface area contributed by atoms with Crippen molar-refractivity contribution >= 4 is 17.8 Å². The van der Waals surface area contributed by atoms with Crippen LogP contribution in [0.5, 0.6) is 0 Å². The molecule has 146 valence electrons. The van der Waals surface area contributed by atoms with Crippen molar-refractivity contribution in [2.45, 2.75) is 52.1 Å². The van der Waals surface area contributed by atoms with Gasteiger partial charge in [-0.05, 0) is 38.7 Å². The van der Waals surface area contributed by atoms with Crippen molar-refractivity contribution in [3.8, 4) is 0 Å². The summed E-state index contributed by atoms with van der Waals surface area (Å²) in [5, 5.41) is 0. The second-order valence-corrected chi connectivity index (χ2v) is 7.46. The third kappa shape index (κ3) is 4.49. The van der Waals surface area contributed by atoms with Gasteiger partial charge in [0.05, 0.1) is 12.5 Å². The van der Waals surface area contributed by atoms with Crippen molar-refractivity contribution in [2.24, 2.45) is 5.92 Å². The molecule has 2 unspecified atom stereocenters.